The number of benzene rings is 2. The summed E-state index contributed by atoms with van der Waals surface area (Å²) in [6, 6.07) is 14.7. The van der Waals surface area contributed by atoms with Crippen molar-refractivity contribution >= 4 is 5.76 Å². The Bertz CT molecular complexity index is 609. The molecule has 0 spiro atoms. The normalized spacial score (nSPS) is 13.4. The standard InChI is InChI=1S/C16H14O/c1-2-16(17)12-7-8-15-13(10-12)9-11-5-3-4-6-14(11)15/h2-8,10,17H,9H2,1H3. The number of hydrogen-bond acceptors (Lipinski definition) is 1. The molecular formula is C16H14O. The van der Waals surface area contributed by atoms with Gasteiger partial charge in [0.1, 0.15) is 5.76 Å². The third kappa shape index (κ3) is 1.55. The second kappa shape index (κ2) is 3.77. The SMILES string of the molecule is CC=C(O)c1ccc2c(c1)Cc1ccccc1-2. The van der Waals surface area contributed by atoms with E-state index in [1.807, 2.05) is 13.0 Å². The fourth-order valence-electron chi connectivity index (χ4n) is 2.47. The van der Waals surface area contributed by atoms with Crippen molar-refractivity contribution in [1.82, 2.24) is 0 Å². The molecule has 0 bridgehead atoms. The molecule has 1 nitrogen and oxygen atoms in total. The lowest BCUT2D eigenvalue weighted by Gasteiger charge is -2.04. The van der Waals surface area contributed by atoms with Gasteiger partial charge in [0.25, 0.3) is 0 Å². The molecular weight excluding hydrogens is 208 g/mol. The van der Waals surface area contributed by atoms with Gasteiger partial charge in [-0.15, -0.1) is 0 Å². The zero-order valence-corrected chi connectivity index (χ0v) is 9.77. The Morgan fingerprint density at radius 1 is 1.06 bits per heavy atom. The van der Waals surface area contributed by atoms with Crippen molar-refractivity contribution in [1.29, 1.82) is 0 Å². The van der Waals surface area contributed by atoms with Crippen molar-refractivity contribution in [2.45, 2.75) is 13.3 Å². The van der Waals surface area contributed by atoms with Crippen LogP contribution in [0.3, 0.4) is 0 Å². The van der Waals surface area contributed by atoms with E-state index in [-0.39, 0.29) is 0 Å². The molecule has 2 aromatic rings. The molecule has 17 heavy (non-hydrogen) atoms. The topological polar surface area (TPSA) is 20.2 Å². The van der Waals surface area contributed by atoms with Crippen LogP contribution in [0.1, 0.15) is 23.6 Å². The molecule has 1 N–H and O–H groups in total. The number of aliphatic hydroxyl groups is 1. The molecule has 0 amide bonds. The highest BCUT2D eigenvalue weighted by molar-refractivity contribution is 5.78. The Morgan fingerprint density at radius 3 is 2.65 bits per heavy atom. The molecule has 1 aliphatic rings. The molecule has 3 rings (SSSR count). The summed E-state index contributed by atoms with van der Waals surface area (Å²) in [5.41, 5.74) is 6.21. The average Bonchev–Trinajstić information content (AvgIpc) is 2.75. The molecule has 0 unspecified atom stereocenters. The summed E-state index contributed by atoms with van der Waals surface area (Å²) in [6.45, 7) is 1.84. The van der Waals surface area contributed by atoms with E-state index >= 15 is 0 Å². The molecule has 0 fully saturated rings. The van der Waals surface area contributed by atoms with Crippen molar-refractivity contribution in [3.8, 4) is 11.1 Å². The van der Waals surface area contributed by atoms with Gasteiger partial charge in [0.05, 0.1) is 0 Å². The minimum atomic E-state index is 0.351. The van der Waals surface area contributed by atoms with Gasteiger partial charge in [0.15, 0.2) is 0 Å². The molecule has 0 atom stereocenters. The van der Waals surface area contributed by atoms with E-state index in [1.54, 1.807) is 6.08 Å². The van der Waals surface area contributed by atoms with Crippen molar-refractivity contribution in [3.63, 3.8) is 0 Å². The first-order chi connectivity index (χ1) is 8.29. The number of allylic oxidation sites excluding steroid dienone is 1. The number of hydrogen-bond donors (Lipinski definition) is 1. The summed E-state index contributed by atoms with van der Waals surface area (Å²) < 4.78 is 0. The molecule has 0 aliphatic heterocycles. The molecule has 0 saturated heterocycles. The van der Waals surface area contributed by atoms with Gasteiger partial charge in [-0.05, 0) is 47.7 Å². The molecule has 0 radical (unpaired) electrons. The molecule has 0 heterocycles. The largest absolute Gasteiger partial charge is 0.508 e. The smallest absolute Gasteiger partial charge is 0.118 e. The lowest BCUT2D eigenvalue weighted by molar-refractivity contribution is 0.511. The summed E-state index contributed by atoms with van der Waals surface area (Å²) >= 11 is 0. The number of aliphatic hydroxyl groups excluding tert-OH is 1. The van der Waals surface area contributed by atoms with Crippen LogP contribution in [0.2, 0.25) is 0 Å². The molecule has 84 valence electrons. The Balaban J connectivity index is 2.13. The first kappa shape index (κ1) is 10.2. The average molecular weight is 222 g/mol. The van der Waals surface area contributed by atoms with Crippen LogP contribution in [0.4, 0.5) is 0 Å². The molecule has 0 saturated carbocycles. The van der Waals surface area contributed by atoms with Gasteiger partial charge in [-0.1, -0.05) is 36.4 Å². The van der Waals surface area contributed by atoms with Crippen LogP contribution in [0.15, 0.2) is 48.5 Å². The maximum absolute atomic E-state index is 9.74. The van der Waals surface area contributed by atoms with E-state index in [4.69, 9.17) is 0 Å². The van der Waals surface area contributed by atoms with Crippen LogP contribution in [0, 0.1) is 0 Å². The fraction of sp³-hybridized carbons (Fsp3) is 0.125. The minimum Gasteiger partial charge on any atom is -0.508 e. The molecule has 0 aromatic heterocycles. The van der Waals surface area contributed by atoms with E-state index in [9.17, 15) is 5.11 Å². The summed E-state index contributed by atoms with van der Waals surface area (Å²) in [5, 5.41) is 9.74. The Labute approximate surface area is 101 Å². The van der Waals surface area contributed by atoms with Gasteiger partial charge in [0, 0.05) is 5.56 Å². The lowest BCUT2D eigenvalue weighted by atomic mass is 10.0. The van der Waals surface area contributed by atoms with Crippen LogP contribution >= 0.6 is 0 Å². The first-order valence-corrected chi connectivity index (χ1v) is 5.86. The highest BCUT2D eigenvalue weighted by atomic mass is 16.3. The monoisotopic (exact) mass is 222 g/mol. The summed E-state index contributed by atoms with van der Waals surface area (Å²) in [6.07, 6.45) is 2.69. The van der Waals surface area contributed by atoms with E-state index in [1.165, 1.54) is 22.3 Å². The maximum Gasteiger partial charge on any atom is 0.118 e. The van der Waals surface area contributed by atoms with Crippen LogP contribution in [-0.4, -0.2) is 5.11 Å². The van der Waals surface area contributed by atoms with Crippen molar-refractivity contribution in [2.75, 3.05) is 0 Å². The second-order valence-corrected chi connectivity index (χ2v) is 4.38. The Morgan fingerprint density at radius 2 is 1.82 bits per heavy atom. The van der Waals surface area contributed by atoms with Crippen molar-refractivity contribution < 1.29 is 5.11 Å². The van der Waals surface area contributed by atoms with Crippen LogP contribution in [-0.2, 0) is 6.42 Å². The molecule has 1 aliphatic carbocycles. The zero-order valence-electron chi connectivity index (χ0n) is 9.77. The van der Waals surface area contributed by atoms with Gasteiger partial charge < -0.3 is 5.11 Å². The van der Waals surface area contributed by atoms with Crippen molar-refractivity contribution in [3.05, 3.63) is 65.2 Å². The minimum absolute atomic E-state index is 0.351. The third-order valence-electron chi connectivity index (χ3n) is 3.36. The van der Waals surface area contributed by atoms with Crippen molar-refractivity contribution in [2.24, 2.45) is 0 Å². The van der Waals surface area contributed by atoms with E-state index < -0.39 is 0 Å². The Kier molecular flexibility index (Phi) is 2.25. The predicted octanol–water partition coefficient (Wildman–Crippen LogP) is 4.18. The van der Waals surface area contributed by atoms with Crippen LogP contribution in [0.5, 0.6) is 0 Å². The van der Waals surface area contributed by atoms with E-state index in [0.29, 0.717) is 5.76 Å². The predicted molar refractivity (Wildman–Crippen MR) is 71.0 cm³/mol. The zero-order chi connectivity index (χ0) is 11.8. The molecule has 1 heteroatoms. The third-order valence-corrected chi connectivity index (χ3v) is 3.36. The van der Waals surface area contributed by atoms with Gasteiger partial charge in [-0.3, -0.25) is 0 Å². The van der Waals surface area contributed by atoms with Gasteiger partial charge >= 0.3 is 0 Å². The van der Waals surface area contributed by atoms with Gasteiger partial charge in [-0.2, -0.15) is 0 Å². The summed E-state index contributed by atoms with van der Waals surface area (Å²) in [5.74, 6) is 0.351. The maximum atomic E-state index is 9.74. The summed E-state index contributed by atoms with van der Waals surface area (Å²) in [7, 11) is 0. The summed E-state index contributed by atoms with van der Waals surface area (Å²) in [4.78, 5) is 0. The second-order valence-electron chi connectivity index (χ2n) is 4.38. The highest BCUT2D eigenvalue weighted by Crippen LogP contribution is 2.37. The van der Waals surface area contributed by atoms with E-state index in [0.717, 1.165) is 12.0 Å². The lowest BCUT2D eigenvalue weighted by Crippen LogP contribution is -1.86. The highest BCUT2D eigenvalue weighted by Gasteiger charge is 2.18. The quantitative estimate of drug-likeness (QED) is 0.612. The molecule has 2 aromatic carbocycles. The Hall–Kier alpha value is -2.02. The van der Waals surface area contributed by atoms with Gasteiger partial charge in [0.2, 0.25) is 0 Å². The van der Waals surface area contributed by atoms with E-state index in [2.05, 4.69) is 36.4 Å². The van der Waals surface area contributed by atoms with Gasteiger partial charge in [-0.25, -0.2) is 0 Å². The fourth-order valence-corrected chi connectivity index (χ4v) is 2.47. The number of fused-ring (bicyclic) bond motifs is 3. The van der Waals surface area contributed by atoms with Crippen LogP contribution in [0.25, 0.3) is 16.9 Å². The number of rotatable bonds is 1. The first-order valence-electron chi connectivity index (χ1n) is 5.86. The van der Waals surface area contributed by atoms with Crippen LogP contribution < -0.4 is 0 Å².